The highest BCUT2D eigenvalue weighted by molar-refractivity contribution is 5.14. The third-order valence-corrected chi connectivity index (χ3v) is 3.26. The largest absolute Gasteiger partial charge is 0.369 e. The van der Waals surface area contributed by atoms with Crippen LogP contribution in [0.2, 0.25) is 0 Å². The average Bonchev–Trinajstić information content (AvgIpc) is 2.58. The number of fused-ring (bicyclic) bond motifs is 5. The summed E-state index contributed by atoms with van der Waals surface area (Å²) in [4.78, 5) is 0. The first-order valence-corrected chi connectivity index (χ1v) is 3.95. The second kappa shape index (κ2) is 1.38. The maximum Gasteiger partial charge on any atom is 0.0885 e. The van der Waals surface area contributed by atoms with Crippen molar-refractivity contribution in [1.29, 1.82) is 5.26 Å². The maximum absolute atomic E-state index is 8.72. The lowest BCUT2D eigenvalue weighted by Crippen LogP contribution is -2.15. The van der Waals surface area contributed by atoms with Gasteiger partial charge in [-0.2, -0.15) is 5.26 Å². The zero-order valence-corrected chi connectivity index (χ0v) is 5.66. The first-order chi connectivity index (χ1) is 4.90. The van der Waals surface area contributed by atoms with Crippen LogP contribution < -0.4 is 0 Å². The van der Waals surface area contributed by atoms with Gasteiger partial charge in [0, 0.05) is 5.92 Å². The highest BCUT2D eigenvalue weighted by atomic mass is 16.6. The summed E-state index contributed by atoms with van der Waals surface area (Å²) < 4.78 is 5.42. The van der Waals surface area contributed by atoms with Gasteiger partial charge >= 0.3 is 0 Å². The van der Waals surface area contributed by atoms with Gasteiger partial charge in [0.15, 0.2) is 0 Å². The topological polar surface area (TPSA) is 36.3 Å². The Labute approximate surface area is 59.8 Å². The third-order valence-electron chi connectivity index (χ3n) is 3.26. The Balaban J connectivity index is 1.93. The van der Waals surface area contributed by atoms with Crippen LogP contribution in [0.25, 0.3) is 0 Å². The minimum atomic E-state index is 0.328. The van der Waals surface area contributed by atoms with E-state index in [1.54, 1.807) is 0 Å². The molecule has 1 saturated heterocycles. The summed E-state index contributed by atoms with van der Waals surface area (Å²) in [6.45, 7) is 0. The quantitative estimate of drug-likeness (QED) is 0.463. The summed E-state index contributed by atoms with van der Waals surface area (Å²) in [6, 6.07) is 2.37. The summed E-state index contributed by atoms with van der Waals surface area (Å²) in [7, 11) is 0. The molecule has 2 bridgehead atoms. The van der Waals surface area contributed by atoms with Crippen molar-refractivity contribution in [2.75, 3.05) is 0 Å². The SMILES string of the molecule is N#C[C@H]1C[C@H]2C[C@H]1[C@@H]1O[C@H]21. The summed E-state index contributed by atoms with van der Waals surface area (Å²) in [6.07, 6.45) is 3.47. The monoisotopic (exact) mass is 135 g/mol. The molecule has 0 radical (unpaired) electrons. The van der Waals surface area contributed by atoms with Gasteiger partial charge in [0.05, 0.1) is 24.2 Å². The molecule has 1 heterocycles. The summed E-state index contributed by atoms with van der Waals surface area (Å²) in [5.41, 5.74) is 0. The third kappa shape index (κ3) is 0.411. The Morgan fingerprint density at radius 2 is 2.20 bits per heavy atom. The Hall–Kier alpha value is -0.550. The van der Waals surface area contributed by atoms with Crippen LogP contribution in [0.4, 0.5) is 0 Å². The van der Waals surface area contributed by atoms with Crippen LogP contribution in [0.3, 0.4) is 0 Å². The van der Waals surface area contributed by atoms with Crippen molar-refractivity contribution in [3.63, 3.8) is 0 Å². The van der Waals surface area contributed by atoms with Crippen LogP contribution in [0.1, 0.15) is 12.8 Å². The fourth-order valence-electron chi connectivity index (χ4n) is 2.75. The molecule has 0 amide bonds. The van der Waals surface area contributed by atoms with E-state index in [4.69, 9.17) is 10.00 Å². The molecular formula is C8H9NO. The lowest BCUT2D eigenvalue weighted by atomic mass is 9.90. The second-order valence-electron chi connectivity index (χ2n) is 3.70. The van der Waals surface area contributed by atoms with E-state index in [0.29, 0.717) is 24.0 Å². The molecule has 3 aliphatic rings. The van der Waals surface area contributed by atoms with E-state index in [9.17, 15) is 0 Å². The normalized spacial score (nSPS) is 61.7. The van der Waals surface area contributed by atoms with Crippen molar-refractivity contribution in [2.45, 2.75) is 25.0 Å². The number of rotatable bonds is 0. The molecule has 0 aromatic rings. The number of ether oxygens (including phenoxy) is 1. The Bertz CT molecular complexity index is 220. The molecule has 1 aliphatic heterocycles. The van der Waals surface area contributed by atoms with Gasteiger partial charge in [-0.15, -0.1) is 0 Å². The minimum Gasteiger partial charge on any atom is -0.369 e. The predicted octanol–water partition coefficient (Wildman–Crippen LogP) is 0.933. The molecule has 5 atom stereocenters. The zero-order valence-electron chi connectivity index (χ0n) is 5.66. The zero-order chi connectivity index (χ0) is 6.72. The molecule has 3 rings (SSSR count). The maximum atomic E-state index is 8.72. The molecule has 10 heavy (non-hydrogen) atoms. The minimum absolute atomic E-state index is 0.328. The van der Waals surface area contributed by atoms with Crippen LogP contribution in [0.5, 0.6) is 0 Å². The second-order valence-corrected chi connectivity index (χ2v) is 3.70. The number of nitrogens with zero attached hydrogens (tertiary/aromatic N) is 1. The van der Waals surface area contributed by atoms with Gasteiger partial charge in [-0.25, -0.2) is 0 Å². The van der Waals surface area contributed by atoms with Gasteiger partial charge in [-0.1, -0.05) is 0 Å². The van der Waals surface area contributed by atoms with E-state index >= 15 is 0 Å². The Kier molecular flexibility index (Phi) is 0.709. The van der Waals surface area contributed by atoms with E-state index < -0.39 is 0 Å². The molecule has 3 fully saturated rings. The number of hydrogen-bond donors (Lipinski definition) is 0. The molecule has 0 aromatic heterocycles. The van der Waals surface area contributed by atoms with Crippen LogP contribution in [0.15, 0.2) is 0 Å². The molecule has 52 valence electrons. The molecule has 2 nitrogen and oxygen atoms in total. The van der Waals surface area contributed by atoms with Crippen LogP contribution >= 0.6 is 0 Å². The van der Waals surface area contributed by atoms with E-state index in [1.165, 1.54) is 6.42 Å². The number of epoxide rings is 1. The van der Waals surface area contributed by atoms with Gasteiger partial charge in [0.2, 0.25) is 0 Å². The van der Waals surface area contributed by atoms with Gasteiger partial charge in [-0.05, 0) is 18.8 Å². The summed E-state index contributed by atoms with van der Waals surface area (Å²) >= 11 is 0. The van der Waals surface area contributed by atoms with Crippen LogP contribution in [0, 0.1) is 29.1 Å². The molecule has 0 spiro atoms. The van der Waals surface area contributed by atoms with E-state index in [0.717, 1.165) is 12.3 Å². The van der Waals surface area contributed by atoms with Crippen molar-refractivity contribution in [2.24, 2.45) is 17.8 Å². The van der Waals surface area contributed by atoms with Crippen molar-refractivity contribution < 1.29 is 4.74 Å². The first-order valence-electron chi connectivity index (χ1n) is 3.95. The fourth-order valence-corrected chi connectivity index (χ4v) is 2.75. The summed E-state index contributed by atoms with van der Waals surface area (Å²) in [5.74, 6) is 1.69. The summed E-state index contributed by atoms with van der Waals surface area (Å²) in [5, 5.41) is 8.72. The van der Waals surface area contributed by atoms with Crippen molar-refractivity contribution in [3.8, 4) is 6.07 Å². The lowest BCUT2D eigenvalue weighted by molar-refractivity contribution is 0.259. The molecular weight excluding hydrogens is 126 g/mol. The highest BCUT2D eigenvalue weighted by Crippen LogP contribution is 2.58. The Morgan fingerprint density at radius 3 is 2.80 bits per heavy atom. The lowest BCUT2D eigenvalue weighted by Gasteiger charge is -2.09. The molecule has 2 saturated carbocycles. The van der Waals surface area contributed by atoms with Gasteiger partial charge in [0.25, 0.3) is 0 Å². The molecule has 2 heteroatoms. The molecule has 0 N–H and O–H groups in total. The van der Waals surface area contributed by atoms with Gasteiger partial charge in [0.1, 0.15) is 0 Å². The Morgan fingerprint density at radius 1 is 1.30 bits per heavy atom. The smallest absolute Gasteiger partial charge is 0.0885 e. The van der Waals surface area contributed by atoms with Crippen molar-refractivity contribution >= 4 is 0 Å². The van der Waals surface area contributed by atoms with Crippen LogP contribution in [-0.2, 0) is 4.74 Å². The van der Waals surface area contributed by atoms with E-state index in [1.807, 2.05) is 0 Å². The molecule has 2 aliphatic carbocycles. The van der Waals surface area contributed by atoms with E-state index in [-0.39, 0.29) is 0 Å². The fraction of sp³-hybridized carbons (Fsp3) is 0.875. The van der Waals surface area contributed by atoms with Crippen molar-refractivity contribution in [3.05, 3.63) is 0 Å². The molecule has 0 aromatic carbocycles. The van der Waals surface area contributed by atoms with Gasteiger partial charge in [-0.3, -0.25) is 0 Å². The number of nitriles is 1. The van der Waals surface area contributed by atoms with Crippen LogP contribution in [-0.4, -0.2) is 12.2 Å². The van der Waals surface area contributed by atoms with Crippen molar-refractivity contribution in [1.82, 2.24) is 0 Å². The number of hydrogen-bond acceptors (Lipinski definition) is 2. The van der Waals surface area contributed by atoms with E-state index in [2.05, 4.69) is 6.07 Å². The molecule has 0 unspecified atom stereocenters. The predicted molar refractivity (Wildman–Crippen MR) is 34.0 cm³/mol. The highest BCUT2D eigenvalue weighted by Gasteiger charge is 2.63. The average molecular weight is 135 g/mol. The first kappa shape index (κ1) is 5.15. The standard InChI is InChI=1S/C8H9NO/c9-3-5-1-4-2-6(5)8-7(4)10-8/h4-8H,1-2H2/t4-,5+,6+,7+,8-/m0/s1. The van der Waals surface area contributed by atoms with Gasteiger partial charge < -0.3 is 4.74 Å².